The number of nitrogens with zero attached hydrogens (tertiary/aromatic N) is 1. The molecular weight excluding hydrogens is 236 g/mol. The molecular formula is C16H20N2O. The first-order chi connectivity index (χ1) is 9.38. The van der Waals surface area contributed by atoms with Crippen LogP contribution in [0.2, 0.25) is 0 Å². The summed E-state index contributed by atoms with van der Waals surface area (Å²) >= 11 is 0. The molecule has 0 bridgehead atoms. The monoisotopic (exact) mass is 256 g/mol. The number of anilines is 1. The average Bonchev–Trinajstić information content (AvgIpc) is 2.97. The molecule has 2 aromatic rings. The molecule has 1 fully saturated rings. The molecule has 1 aromatic carbocycles. The molecule has 3 nitrogen and oxygen atoms in total. The summed E-state index contributed by atoms with van der Waals surface area (Å²) in [5.74, 6) is 2.69. The van der Waals surface area contributed by atoms with Crippen molar-refractivity contribution in [3.8, 4) is 5.75 Å². The number of benzene rings is 1. The Labute approximate surface area is 114 Å². The van der Waals surface area contributed by atoms with Crippen molar-refractivity contribution in [2.75, 3.05) is 19.0 Å². The summed E-state index contributed by atoms with van der Waals surface area (Å²) in [5, 5.41) is 5.77. The summed E-state index contributed by atoms with van der Waals surface area (Å²) in [5.41, 5.74) is 0. The quantitative estimate of drug-likeness (QED) is 0.902. The zero-order valence-corrected chi connectivity index (χ0v) is 11.4. The van der Waals surface area contributed by atoms with Crippen LogP contribution in [0.3, 0.4) is 0 Å². The average molecular weight is 256 g/mol. The Balaban J connectivity index is 1.86. The van der Waals surface area contributed by atoms with Crippen LogP contribution in [0.25, 0.3) is 10.8 Å². The molecule has 0 atom stereocenters. The molecule has 3 heteroatoms. The van der Waals surface area contributed by atoms with Crippen LogP contribution in [-0.4, -0.2) is 18.6 Å². The van der Waals surface area contributed by atoms with Gasteiger partial charge in [-0.05, 0) is 30.9 Å². The molecule has 1 aromatic heterocycles. The van der Waals surface area contributed by atoms with E-state index in [1.807, 2.05) is 24.4 Å². The lowest BCUT2D eigenvalue weighted by atomic mass is 10.1. The Hall–Kier alpha value is -1.77. The fraction of sp³-hybridized carbons (Fsp3) is 0.438. The van der Waals surface area contributed by atoms with Gasteiger partial charge in [0.05, 0.1) is 7.11 Å². The number of hydrogen-bond acceptors (Lipinski definition) is 3. The highest BCUT2D eigenvalue weighted by Crippen LogP contribution is 2.30. The first kappa shape index (κ1) is 12.3. The van der Waals surface area contributed by atoms with Crippen LogP contribution >= 0.6 is 0 Å². The van der Waals surface area contributed by atoms with Gasteiger partial charge >= 0.3 is 0 Å². The van der Waals surface area contributed by atoms with E-state index in [0.717, 1.165) is 34.8 Å². The van der Waals surface area contributed by atoms with Crippen molar-refractivity contribution in [3.63, 3.8) is 0 Å². The smallest absolute Gasteiger partial charge is 0.133 e. The van der Waals surface area contributed by atoms with Crippen molar-refractivity contribution in [1.29, 1.82) is 0 Å². The summed E-state index contributed by atoms with van der Waals surface area (Å²) in [6, 6.07) is 8.11. The SMILES string of the molecule is COc1cccc2c(NCC3CCCC3)nccc12. The maximum Gasteiger partial charge on any atom is 0.133 e. The standard InChI is InChI=1S/C16H20N2O/c1-19-15-8-4-7-14-13(15)9-10-17-16(14)18-11-12-5-2-3-6-12/h4,7-10,12H,2-3,5-6,11H2,1H3,(H,17,18). The molecule has 0 spiro atoms. The van der Waals surface area contributed by atoms with Crippen molar-refractivity contribution in [1.82, 2.24) is 4.98 Å². The normalized spacial score (nSPS) is 15.8. The van der Waals surface area contributed by atoms with Crippen molar-refractivity contribution in [2.24, 2.45) is 5.92 Å². The van der Waals surface area contributed by atoms with Gasteiger partial charge in [0.25, 0.3) is 0 Å². The van der Waals surface area contributed by atoms with Gasteiger partial charge in [-0.1, -0.05) is 25.0 Å². The molecule has 0 unspecified atom stereocenters. The van der Waals surface area contributed by atoms with E-state index >= 15 is 0 Å². The number of hydrogen-bond donors (Lipinski definition) is 1. The summed E-state index contributed by atoms with van der Waals surface area (Å²) in [7, 11) is 1.71. The lowest BCUT2D eigenvalue weighted by Crippen LogP contribution is -2.12. The van der Waals surface area contributed by atoms with Gasteiger partial charge in [0.1, 0.15) is 11.6 Å². The van der Waals surface area contributed by atoms with Gasteiger partial charge in [-0.15, -0.1) is 0 Å². The van der Waals surface area contributed by atoms with Crippen molar-refractivity contribution >= 4 is 16.6 Å². The Bertz CT molecular complexity index is 562. The zero-order chi connectivity index (χ0) is 13.1. The van der Waals surface area contributed by atoms with E-state index < -0.39 is 0 Å². The van der Waals surface area contributed by atoms with E-state index in [9.17, 15) is 0 Å². The summed E-state index contributed by atoms with van der Waals surface area (Å²) in [6.45, 7) is 1.03. The highest BCUT2D eigenvalue weighted by atomic mass is 16.5. The fourth-order valence-corrected chi connectivity index (χ4v) is 2.95. The predicted molar refractivity (Wildman–Crippen MR) is 78.7 cm³/mol. The number of rotatable bonds is 4. The van der Waals surface area contributed by atoms with Gasteiger partial charge in [-0.3, -0.25) is 0 Å². The van der Waals surface area contributed by atoms with Crippen LogP contribution in [-0.2, 0) is 0 Å². The van der Waals surface area contributed by atoms with Crippen molar-refractivity contribution < 1.29 is 4.74 Å². The number of pyridine rings is 1. The van der Waals surface area contributed by atoms with Crippen molar-refractivity contribution in [2.45, 2.75) is 25.7 Å². The molecule has 0 saturated heterocycles. The molecule has 1 aliphatic carbocycles. The minimum absolute atomic E-state index is 0.808. The Morgan fingerprint density at radius 3 is 2.84 bits per heavy atom. The summed E-state index contributed by atoms with van der Waals surface area (Å²) in [4.78, 5) is 4.48. The fourth-order valence-electron chi connectivity index (χ4n) is 2.95. The lowest BCUT2D eigenvalue weighted by Gasteiger charge is -2.13. The van der Waals surface area contributed by atoms with Crippen LogP contribution in [0.5, 0.6) is 5.75 Å². The van der Waals surface area contributed by atoms with E-state index in [4.69, 9.17) is 4.74 Å². The van der Waals surface area contributed by atoms with E-state index in [1.165, 1.54) is 25.7 Å². The Morgan fingerprint density at radius 1 is 1.21 bits per heavy atom. The number of ether oxygens (including phenoxy) is 1. The molecule has 0 radical (unpaired) electrons. The molecule has 19 heavy (non-hydrogen) atoms. The van der Waals surface area contributed by atoms with E-state index in [1.54, 1.807) is 7.11 Å². The van der Waals surface area contributed by atoms with E-state index in [0.29, 0.717) is 0 Å². The molecule has 100 valence electrons. The maximum atomic E-state index is 5.40. The van der Waals surface area contributed by atoms with Gasteiger partial charge in [-0.2, -0.15) is 0 Å². The zero-order valence-electron chi connectivity index (χ0n) is 11.4. The Morgan fingerprint density at radius 2 is 2.05 bits per heavy atom. The molecule has 1 N–H and O–H groups in total. The summed E-state index contributed by atoms with van der Waals surface area (Å²) in [6.07, 6.45) is 7.30. The highest BCUT2D eigenvalue weighted by molar-refractivity contribution is 5.95. The number of fused-ring (bicyclic) bond motifs is 1. The summed E-state index contributed by atoms with van der Waals surface area (Å²) < 4.78 is 5.40. The minimum atomic E-state index is 0.808. The minimum Gasteiger partial charge on any atom is -0.496 e. The number of nitrogens with one attached hydrogen (secondary N) is 1. The highest BCUT2D eigenvalue weighted by Gasteiger charge is 2.15. The third kappa shape index (κ3) is 2.50. The van der Waals surface area contributed by atoms with Gasteiger partial charge in [0, 0.05) is 23.5 Å². The van der Waals surface area contributed by atoms with Crippen LogP contribution in [0.4, 0.5) is 5.82 Å². The first-order valence-electron chi connectivity index (χ1n) is 7.04. The van der Waals surface area contributed by atoms with E-state index in [2.05, 4.69) is 16.4 Å². The van der Waals surface area contributed by atoms with Crippen LogP contribution in [0, 0.1) is 5.92 Å². The first-order valence-corrected chi connectivity index (χ1v) is 7.04. The van der Waals surface area contributed by atoms with Crippen LogP contribution in [0.1, 0.15) is 25.7 Å². The molecule has 1 saturated carbocycles. The second-order valence-electron chi connectivity index (χ2n) is 5.25. The molecule has 1 aliphatic rings. The van der Waals surface area contributed by atoms with Crippen LogP contribution in [0.15, 0.2) is 30.5 Å². The predicted octanol–water partition coefficient (Wildman–Crippen LogP) is 3.85. The second kappa shape index (κ2) is 5.47. The molecule has 3 rings (SSSR count). The molecule has 0 aliphatic heterocycles. The van der Waals surface area contributed by atoms with Crippen molar-refractivity contribution in [3.05, 3.63) is 30.5 Å². The third-order valence-electron chi connectivity index (χ3n) is 4.02. The molecule has 1 heterocycles. The Kier molecular flexibility index (Phi) is 3.53. The number of methoxy groups -OCH3 is 1. The topological polar surface area (TPSA) is 34.1 Å². The maximum absolute atomic E-state index is 5.40. The van der Waals surface area contributed by atoms with Gasteiger partial charge in [0.15, 0.2) is 0 Å². The molecule has 0 amide bonds. The van der Waals surface area contributed by atoms with Gasteiger partial charge in [-0.25, -0.2) is 4.98 Å². The van der Waals surface area contributed by atoms with Crippen LogP contribution < -0.4 is 10.1 Å². The van der Waals surface area contributed by atoms with E-state index in [-0.39, 0.29) is 0 Å². The lowest BCUT2D eigenvalue weighted by molar-refractivity contribution is 0.420. The van der Waals surface area contributed by atoms with Gasteiger partial charge < -0.3 is 10.1 Å². The largest absolute Gasteiger partial charge is 0.496 e. The third-order valence-corrected chi connectivity index (χ3v) is 4.02. The van der Waals surface area contributed by atoms with Gasteiger partial charge in [0.2, 0.25) is 0 Å². The number of aromatic nitrogens is 1. The second-order valence-corrected chi connectivity index (χ2v) is 5.25.